The van der Waals surface area contributed by atoms with Crippen LogP contribution in [0.3, 0.4) is 0 Å². The maximum Gasteiger partial charge on any atom is 0.0991 e. The topological polar surface area (TPSA) is 35.8 Å². The number of nitrogens with one attached hydrogen (secondary N) is 1. The Morgan fingerprint density at radius 1 is 1.80 bits per heavy atom. The van der Waals surface area contributed by atoms with Crippen molar-refractivity contribution >= 4 is 0 Å². The van der Waals surface area contributed by atoms with Crippen molar-refractivity contribution in [2.75, 3.05) is 13.6 Å². The molecule has 54 valence electrons. The summed E-state index contributed by atoms with van der Waals surface area (Å²) < 4.78 is 0. The van der Waals surface area contributed by atoms with E-state index in [0.29, 0.717) is 12.1 Å². The largest absolute Gasteiger partial charge is 0.316 e. The molecule has 2 nitrogen and oxygen atoms in total. The molecule has 0 rings (SSSR count). The monoisotopic (exact) mass is 136 g/mol. The Hall–Kier alpha value is -1.07. The highest BCUT2D eigenvalue weighted by Gasteiger charge is 1.96. The third-order valence-electron chi connectivity index (χ3n) is 1.18. The SMILES string of the molecule is C=C(CNC)/C(C#N)=C\C. The van der Waals surface area contributed by atoms with Crippen LogP contribution < -0.4 is 5.32 Å². The predicted molar refractivity (Wildman–Crippen MR) is 42.4 cm³/mol. The maximum atomic E-state index is 8.52. The van der Waals surface area contributed by atoms with Crippen LogP contribution in [-0.4, -0.2) is 13.6 Å². The summed E-state index contributed by atoms with van der Waals surface area (Å²) >= 11 is 0. The molecule has 0 saturated heterocycles. The van der Waals surface area contributed by atoms with Crippen LogP contribution in [0.25, 0.3) is 0 Å². The van der Waals surface area contributed by atoms with Crippen LogP contribution in [-0.2, 0) is 0 Å². The molecule has 0 unspecified atom stereocenters. The van der Waals surface area contributed by atoms with Gasteiger partial charge in [0.25, 0.3) is 0 Å². The zero-order valence-electron chi connectivity index (χ0n) is 6.44. The lowest BCUT2D eigenvalue weighted by Crippen LogP contribution is -2.10. The molecule has 0 heterocycles. The highest BCUT2D eigenvalue weighted by atomic mass is 14.8. The van der Waals surface area contributed by atoms with E-state index in [0.717, 1.165) is 5.57 Å². The third kappa shape index (κ3) is 2.47. The number of nitrogens with zero attached hydrogens (tertiary/aromatic N) is 1. The summed E-state index contributed by atoms with van der Waals surface area (Å²) in [5, 5.41) is 11.4. The summed E-state index contributed by atoms with van der Waals surface area (Å²) in [6.07, 6.45) is 1.76. The average molecular weight is 136 g/mol. The molecule has 0 aliphatic heterocycles. The van der Waals surface area contributed by atoms with Crippen molar-refractivity contribution in [1.82, 2.24) is 5.32 Å². The molecule has 2 heteroatoms. The zero-order valence-corrected chi connectivity index (χ0v) is 6.44. The minimum absolute atomic E-state index is 0.661. The van der Waals surface area contributed by atoms with Gasteiger partial charge in [-0.1, -0.05) is 12.7 Å². The van der Waals surface area contributed by atoms with Gasteiger partial charge in [0.05, 0.1) is 11.6 Å². The van der Waals surface area contributed by atoms with E-state index in [1.165, 1.54) is 0 Å². The average Bonchev–Trinajstić information content (AvgIpc) is 1.91. The van der Waals surface area contributed by atoms with Crippen LogP contribution in [0.15, 0.2) is 23.8 Å². The van der Waals surface area contributed by atoms with Gasteiger partial charge in [-0.2, -0.15) is 5.26 Å². The zero-order chi connectivity index (χ0) is 7.98. The van der Waals surface area contributed by atoms with E-state index in [-0.39, 0.29) is 0 Å². The molecule has 0 aromatic rings. The van der Waals surface area contributed by atoms with E-state index < -0.39 is 0 Å². The summed E-state index contributed by atoms with van der Waals surface area (Å²) in [5.74, 6) is 0. The molecular formula is C8H12N2. The second-order valence-electron chi connectivity index (χ2n) is 1.95. The summed E-state index contributed by atoms with van der Waals surface area (Å²) in [4.78, 5) is 0. The standard InChI is InChI=1S/C8H12N2/c1-4-8(5-9)7(2)6-10-3/h4,10H,2,6H2,1,3H3/b8-4-. The van der Waals surface area contributed by atoms with Crippen LogP contribution in [0.1, 0.15) is 6.92 Å². The van der Waals surface area contributed by atoms with Crippen molar-refractivity contribution in [3.63, 3.8) is 0 Å². The Balaban J connectivity index is 4.08. The Morgan fingerprint density at radius 3 is 2.70 bits per heavy atom. The first-order valence-electron chi connectivity index (χ1n) is 3.15. The number of likely N-dealkylation sites (N-methyl/N-ethyl adjacent to an activating group) is 1. The molecule has 0 aromatic heterocycles. The molecule has 0 amide bonds. The Morgan fingerprint density at radius 2 is 2.40 bits per heavy atom. The number of rotatable bonds is 3. The predicted octanol–water partition coefficient (Wildman–Crippen LogP) is 1.23. The van der Waals surface area contributed by atoms with Crippen molar-refractivity contribution in [2.45, 2.75) is 6.92 Å². The normalized spacial score (nSPS) is 10.7. The van der Waals surface area contributed by atoms with Gasteiger partial charge in [-0.05, 0) is 19.5 Å². The molecule has 0 bridgehead atoms. The number of hydrogen-bond acceptors (Lipinski definition) is 2. The van der Waals surface area contributed by atoms with Crippen LogP contribution >= 0.6 is 0 Å². The minimum atomic E-state index is 0.661. The van der Waals surface area contributed by atoms with Crippen LogP contribution in [0.2, 0.25) is 0 Å². The van der Waals surface area contributed by atoms with E-state index in [9.17, 15) is 0 Å². The molecule has 0 aliphatic rings. The van der Waals surface area contributed by atoms with Gasteiger partial charge in [0.15, 0.2) is 0 Å². The highest BCUT2D eigenvalue weighted by Crippen LogP contribution is 2.03. The van der Waals surface area contributed by atoms with Crippen LogP contribution in [0, 0.1) is 11.3 Å². The lowest BCUT2D eigenvalue weighted by atomic mass is 10.1. The molecule has 0 atom stereocenters. The van der Waals surface area contributed by atoms with E-state index >= 15 is 0 Å². The lowest BCUT2D eigenvalue weighted by Gasteiger charge is -2.00. The van der Waals surface area contributed by atoms with Crippen molar-refractivity contribution in [1.29, 1.82) is 5.26 Å². The number of allylic oxidation sites excluding steroid dienone is 1. The molecule has 0 radical (unpaired) electrons. The first-order valence-corrected chi connectivity index (χ1v) is 3.15. The van der Waals surface area contributed by atoms with Gasteiger partial charge in [0, 0.05) is 6.54 Å². The van der Waals surface area contributed by atoms with Gasteiger partial charge in [0.1, 0.15) is 0 Å². The third-order valence-corrected chi connectivity index (χ3v) is 1.18. The van der Waals surface area contributed by atoms with Gasteiger partial charge in [-0.15, -0.1) is 0 Å². The molecule has 0 aromatic carbocycles. The first-order chi connectivity index (χ1) is 4.76. The Labute approximate surface area is 61.9 Å². The smallest absolute Gasteiger partial charge is 0.0991 e. The summed E-state index contributed by atoms with van der Waals surface area (Å²) in [6.45, 7) is 6.24. The lowest BCUT2D eigenvalue weighted by molar-refractivity contribution is 0.892. The fraction of sp³-hybridized carbons (Fsp3) is 0.375. The van der Waals surface area contributed by atoms with Crippen LogP contribution in [0.5, 0.6) is 0 Å². The first kappa shape index (κ1) is 8.93. The van der Waals surface area contributed by atoms with Crippen LogP contribution in [0.4, 0.5) is 0 Å². The Kier molecular flexibility index (Phi) is 4.26. The molecule has 10 heavy (non-hydrogen) atoms. The molecule has 0 spiro atoms. The van der Waals surface area contributed by atoms with Crippen molar-refractivity contribution in [3.05, 3.63) is 23.8 Å². The molecule has 0 saturated carbocycles. The van der Waals surface area contributed by atoms with E-state index in [2.05, 4.69) is 18.0 Å². The van der Waals surface area contributed by atoms with E-state index in [4.69, 9.17) is 5.26 Å². The van der Waals surface area contributed by atoms with Gasteiger partial charge in [-0.25, -0.2) is 0 Å². The van der Waals surface area contributed by atoms with Gasteiger partial charge >= 0.3 is 0 Å². The van der Waals surface area contributed by atoms with Gasteiger partial charge < -0.3 is 5.32 Å². The second kappa shape index (κ2) is 4.78. The fourth-order valence-electron chi connectivity index (χ4n) is 0.656. The van der Waals surface area contributed by atoms with Crippen molar-refractivity contribution in [3.8, 4) is 6.07 Å². The minimum Gasteiger partial charge on any atom is -0.316 e. The summed E-state index contributed by atoms with van der Waals surface area (Å²) in [5.41, 5.74) is 1.50. The molecular weight excluding hydrogens is 124 g/mol. The number of nitriles is 1. The number of hydrogen-bond donors (Lipinski definition) is 1. The van der Waals surface area contributed by atoms with E-state index in [1.807, 2.05) is 14.0 Å². The van der Waals surface area contributed by atoms with E-state index in [1.54, 1.807) is 6.08 Å². The van der Waals surface area contributed by atoms with Gasteiger partial charge in [0.2, 0.25) is 0 Å². The molecule has 1 N–H and O–H groups in total. The summed E-state index contributed by atoms with van der Waals surface area (Å²) in [7, 11) is 1.83. The maximum absolute atomic E-state index is 8.52. The molecule has 0 aliphatic carbocycles. The van der Waals surface area contributed by atoms with Crippen molar-refractivity contribution < 1.29 is 0 Å². The summed E-state index contributed by atoms with van der Waals surface area (Å²) in [6, 6.07) is 2.06. The highest BCUT2D eigenvalue weighted by molar-refractivity contribution is 5.40. The second-order valence-corrected chi connectivity index (χ2v) is 1.95. The quantitative estimate of drug-likeness (QED) is 0.468. The molecule has 0 fully saturated rings. The fourth-order valence-corrected chi connectivity index (χ4v) is 0.656. The van der Waals surface area contributed by atoms with Gasteiger partial charge in [-0.3, -0.25) is 0 Å². The van der Waals surface area contributed by atoms with Crippen molar-refractivity contribution in [2.24, 2.45) is 0 Å². The Bertz CT molecular complexity index is 184.